The van der Waals surface area contributed by atoms with E-state index in [1.165, 1.54) is 9.79 Å². The summed E-state index contributed by atoms with van der Waals surface area (Å²) in [6.07, 6.45) is 3.45. The van der Waals surface area contributed by atoms with E-state index in [1.807, 2.05) is 36.4 Å². The SMILES string of the molecule is CC(C)[C@@H](NS(=O)(=O)N1CCN(c2ccc(OCc3ccncc3)cc2)CC1)C(=O)NO. The number of anilines is 1. The van der Waals surface area contributed by atoms with Gasteiger partial charge >= 0.3 is 0 Å². The van der Waals surface area contributed by atoms with Crippen LogP contribution in [-0.4, -0.2) is 61.0 Å². The molecule has 174 valence electrons. The molecule has 1 amide bonds. The molecule has 10 nitrogen and oxygen atoms in total. The van der Waals surface area contributed by atoms with E-state index in [-0.39, 0.29) is 19.0 Å². The van der Waals surface area contributed by atoms with Crippen molar-refractivity contribution in [1.82, 2.24) is 19.5 Å². The van der Waals surface area contributed by atoms with Gasteiger partial charge in [0, 0.05) is 44.3 Å². The van der Waals surface area contributed by atoms with Gasteiger partial charge in [0.2, 0.25) is 0 Å². The zero-order valence-electron chi connectivity index (χ0n) is 18.1. The maximum atomic E-state index is 12.7. The molecule has 0 radical (unpaired) electrons. The van der Waals surface area contributed by atoms with E-state index in [2.05, 4.69) is 14.6 Å². The van der Waals surface area contributed by atoms with Crippen LogP contribution in [0.2, 0.25) is 0 Å². The molecule has 2 aromatic rings. The molecule has 0 unspecified atom stereocenters. The van der Waals surface area contributed by atoms with Crippen LogP contribution in [0.1, 0.15) is 19.4 Å². The van der Waals surface area contributed by atoms with Crippen LogP contribution in [0.25, 0.3) is 0 Å². The molecule has 11 heteroatoms. The summed E-state index contributed by atoms with van der Waals surface area (Å²) < 4.78 is 34.9. The van der Waals surface area contributed by atoms with E-state index >= 15 is 0 Å². The summed E-state index contributed by atoms with van der Waals surface area (Å²) in [6.45, 7) is 5.43. The second kappa shape index (κ2) is 10.7. The fourth-order valence-electron chi connectivity index (χ4n) is 3.38. The van der Waals surface area contributed by atoms with Crippen molar-refractivity contribution in [2.45, 2.75) is 26.5 Å². The van der Waals surface area contributed by atoms with Crippen LogP contribution < -0.4 is 19.8 Å². The van der Waals surface area contributed by atoms with Crippen molar-refractivity contribution in [3.05, 3.63) is 54.4 Å². The third-order valence-electron chi connectivity index (χ3n) is 5.27. The fourth-order valence-corrected chi connectivity index (χ4v) is 4.88. The summed E-state index contributed by atoms with van der Waals surface area (Å²) in [5.41, 5.74) is 3.53. The monoisotopic (exact) mass is 463 g/mol. The lowest BCUT2D eigenvalue weighted by molar-refractivity contribution is -0.131. The molecule has 1 aromatic carbocycles. The lowest BCUT2D eigenvalue weighted by Gasteiger charge is -2.36. The average Bonchev–Trinajstić information content (AvgIpc) is 2.81. The molecule has 1 aliphatic rings. The standard InChI is InChI=1S/C21H29N5O5S/c1-16(2)20(21(27)23-28)24-32(29,30)26-13-11-25(12-14-26)18-3-5-19(6-4-18)31-15-17-7-9-22-10-8-17/h3-10,16,20,24,28H,11-15H2,1-2H3,(H,23,27)/t20-/m1/s1. The van der Waals surface area contributed by atoms with Crippen molar-refractivity contribution in [1.29, 1.82) is 0 Å². The number of amides is 1. The van der Waals surface area contributed by atoms with Gasteiger partial charge in [0.1, 0.15) is 18.4 Å². The maximum Gasteiger partial charge on any atom is 0.280 e. The van der Waals surface area contributed by atoms with E-state index in [0.717, 1.165) is 17.0 Å². The Kier molecular flexibility index (Phi) is 8.02. The summed E-state index contributed by atoms with van der Waals surface area (Å²) in [5, 5.41) is 8.87. The summed E-state index contributed by atoms with van der Waals surface area (Å²) in [6, 6.07) is 10.4. The van der Waals surface area contributed by atoms with Gasteiger partial charge in [-0.15, -0.1) is 0 Å². The predicted octanol–water partition coefficient (Wildman–Crippen LogP) is 1.15. The molecule has 0 bridgehead atoms. The molecule has 1 fully saturated rings. The average molecular weight is 464 g/mol. The van der Waals surface area contributed by atoms with Gasteiger partial charge in [0.25, 0.3) is 16.1 Å². The molecular formula is C21H29N5O5S. The summed E-state index contributed by atoms with van der Waals surface area (Å²) in [5.74, 6) is -0.358. The molecule has 0 saturated carbocycles. The van der Waals surface area contributed by atoms with Crippen LogP contribution in [0, 0.1) is 5.92 Å². The van der Waals surface area contributed by atoms with Gasteiger partial charge in [-0.2, -0.15) is 17.4 Å². The predicted molar refractivity (Wildman–Crippen MR) is 119 cm³/mol. The molecule has 1 aromatic heterocycles. The third-order valence-corrected chi connectivity index (χ3v) is 6.87. The quantitative estimate of drug-likeness (QED) is 0.376. The number of nitrogens with zero attached hydrogens (tertiary/aromatic N) is 3. The summed E-state index contributed by atoms with van der Waals surface area (Å²) in [7, 11) is -3.87. The number of carbonyl (C=O) groups excluding carboxylic acids is 1. The van der Waals surface area contributed by atoms with Gasteiger partial charge in [-0.05, 0) is 47.9 Å². The minimum Gasteiger partial charge on any atom is -0.489 e. The Morgan fingerprint density at radius 2 is 1.72 bits per heavy atom. The minimum absolute atomic E-state index is 0.279. The van der Waals surface area contributed by atoms with Crippen LogP contribution >= 0.6 is 0 Å². The van der Waals surface area contributed by atoms with E-state index in [4.69, 9.17) is 9.94 Å². The number of pyridine rings is 1. The first-order valence-corrected chi connectivity index (χ1v) is 11.8. The first-order valence-electron chi connectivity index (χ1n) is 10.4. The third kappa shape index (κ3) is 6.16. The Hall–Kier alpha value is -2.73. The topological polar surface area (TPSA) is 124 Å². The molecule has 1 aliphatic heterocycles. The number of piperazine rings is 1. The van der Waals surface area contributed by atoms with E-state index in [9.17, 15) is 13.2 Å². The number of carbonyl (C=O) groups is 1. The van der Waals surface area contributed by atoms with Crippen molar-refractivity contribution >= 4 is 21.8 Å². The Labute approximate surface area is 188 Å². The van der Waals surface area contributed by atoms with Crippen LogP contribution in [0.5, 0.6) is 5.75 Å². The van der Waals surface area contributed by atoms with Crippen molar-refractivity contribution in [2.75, 3.05) is 31.1 Å². The Bertz CT molecular complexity index is 977. The number of rotatable bonds is 9. The van der Waals surface area contributed by atoms with E-state index < -0.39 is 22.2 Å². The zero-order valence-corrected chi connectivity index (χ0v) is 19.0. The Balaban J connectivity index is 1.54. The molecule has 2 heterocycles. The molecule has 0 spiro atoms. The van der Waals surface area contributed by atoms with Crippen molar-refractivity contribution < 1.29 is 23.2 Å². The fraction of sp³-hybridized carbons (Fsp3) is 0.429. The van der Waals surface area contributed by atoms with E-state index in [1.54, 1.807) is 26.2 Å². The van der Waals surface area contributed by atoms with Crippen molar-refractivity contribution in [3.63, 3.8) is 0 Å². The van der Waals surface area contributed by atoms with Crippen LogP contribution in [0.15, 0.2) is 48.8 Å². The molecule has 1 saturated heterocycles. The molecule has 3 N–H and O–H groups in total. The normalized spacial score (nSPS) is 16.1. The molecule has 3 rings (SSSR count). The lowest BCUT2D eigenvalue weighted by Crippen LogP contribution is -2.57. The second-order valence-corrected chi connectivity index (χ2v) is 9.55. The minimum atomic E-state index is -3.87. The number of hydrogen-bond donors (Lipinski definition) is 3. The number of benzene rings is 1. The van der Waals surface area contributed by atoms with Crippen LogP contribution in [0.4, 0.5) is 5.69 Å². The first kappa shape index (κ1) is 23.9. The summed E-state index contributed by atoms with van der Waals surface area (Å²) >= 11 is 0. The van der Waals surface area contributed by atoms with Gasteiger partial charge in [0.05, 0.1) is 0 Å². The number of hydrogen-bond acceptors (Lipinski definition) is 7. The highest BCUT2D eigenvalue weighted by Crippen LogP contribution is 2.22. The lowest BCUT2D eigenvalue weighted by atomic mass is 10.1. The van der Waals surface area contributed by atoms with Gasteiger partial charge < -0.3 is 9.64 Å². The molecule has 0 aliphatic carbocycles. The number of nitrogens with one attached hydrogen (secondary N) is 2. The van der Waals surface area contributed by atoms with Gasteiger partial charge in [-0.25, -0.2) is 5.48 Å². The van der Waals surface area contributed by atoms with E-state index in [0.29, 0.717) is 19.7 Å². The number of aromatic nitrogens is 1. The summed E-state index contributed by atoms with van der Waals surface area (Å²) in [4.78, 5) is 17.9. The highest BCUT2D eigenvalue weighted by Gasteiger charge is 2.33. The highest BCUT2D eigenvalue weighted by molar-refractivity contribution is 7.87. The zero-order chi connectivity index (χ0) is 23.1. The van der Waals surface area contributed by atoms with Gasteiger partial charge in [-0.3, -0.25) is 15.0 Å². The highest BCUT2D eigenvalue weighted by atomic mass is 32.2. The van der Waals surface area contributed by atoms with Crippen LogP contribution in [0.3, 0.4) is 0 Å². The van der Waals surface area contributed by atoms with Crippen molar-refractivity contribution in [2.24, 2.45) is 5.92 Å². The van der Waals surface area contributed by atoms with Gasteiger partial charge in [-0.1, -0.05) is 13.8 Å². The number of ether oxygens (including phenoxy) is 1. The Morgan fingerprint density at radius 1 is 1.09 bits per heavy atom. The molecular weight excluding hydrogens is 434 g/mol. The molecule has 1 atom stereocenters. The maximum absolute atomic E-state index is 12.7. The van der Waals surface area contributed by atoms with Crippen molar-refractivity contribution in [3.8, 4) is 5.75 Å². The Morgan fingerprint density at radius 3 is 2.28 bits per heavy atom. The molecule has 32 heavy (non-hydrogen) atoms. The number of hydroxylamine groups is 1. The smallest absolute Gasteiger partial charge is 0.280 e. The van der Waals surface area contributed by atoms with Gasteiger partial charge in [0.15, 0.2) is 0 Å². The first-order chi connectivity index (χ1) is 15.3. The van der Waals surface area contributed by atoms with Crippen LogP contribution in [-0.2, 0) is 21.6 Å². The second-order valence-electron chi connectivity index (χ2n) is 7.84. The largest absolute Gasteiger partial charge is 0.489 e.